The van der Waals surface area contributed by atoms with Crippen LogP contribution < -0.4 is 5.32 Å². The molecule has 0 aliphatic carbocycles. The number of nitrogens with one attached hydrogen (secondary N) is 1. The van der Waals surface area contributed by atoms with Gasteiger partial charge in [-0.2, -0.15) is 5.10 Å². The molecule has 0 aliphatic rings. The van der Waals surface area contributed by atoms with Gasteiger partial charge in [0.25, 0.3) is 5.91 Å². The zero-order valence-electron chi connectivity index (χ0n) is 17.2. The maximum Gasteiger partial charge on any atom is 0.270 e. The molecule has 2 heterocycles. The number of hydrogen-bond donors (Lipinski definition) is 1. The number of rotatable bonds is 8. The van der Waals surface area contributed by atoms with E-state index in [1.165, 1.54) is 18.4 Å². The fourth-order valence-electron chi connectivity index (χ4n) is 3.31. The van der Waals surface area contributed by atoms with Crippen LogP contribution >= 0.6 is 0 Å². The number of furan rings is 1. The number of carbonyl (C=O) groups excluding carboxylic acids is 1. The molecule has 0 spiro atoms. The third-order valence-corrected chi connectivity index (χ3v) is 4.83. The number of aryl methyl sites for hydroxylation is 3. The Bertz CT molecular complexity index is 953. The van der Waals surface area contributed by atoms with E-state index < -0.39 is 0 Å². The highest BCUT2D eigenvalue weighted by Gasteiger charge is 2.19. The average molecular weight is 380 g/mol. The number of unbranched alkanes of at least 4 members (excludes halogenated alkanes) is 3. The summed E-state index contributed by atoms with van der Waals surface area (Å²) in [4.78, 5) is 12.9. The number of benzene rings is 1. The van der Waals surface area contributed by atoms with Crippen molar-refractivity contribution in [2.45, 2.75) is 53.4 Å². The maximum atomic E-state index is 12.9. The minimum absolute atomic E-state index is 0.112. The van der Waals surface area contributed by atoms with Crippen molar-refractivity contribution in [1.29, 1.82) is 0 Å². The summed E-state index contributed by atoms with van der Waals surface area (Å²) in [6.07, 6.45) is 4.49. The van der Waals surface area contributed by atoms with Crippen LogP contribution in [0.1, 0.15) is 60.0 Å². The van der Waals surface area contributed by atoms with E-state index in [0.29, 0.717) is 23.7 Å². The summed E-state index contributed by atoms with van der Waals surface area (Å²) in [6.45, 7) is 8.84. The third kappa shape index (κ3) is 4.53. The SMILES string of the molecule is CCCCCCNC(=O)c1cc(-c2ccc(C)o2)nn1-c1ccc(C)cc1C. The predicted octanol–water partition coefficient (Wildman–Crippen LogP) is 5.37. The van der Waals surface area contributed by atoms with Gasteiger partial charge in [-0.3, -0.25) is 4.79 Å². The highest BCUT2D eigenvalue weighted by Crippen LogP contribution is 2.25. The van der Waals surface area contributed by atoms with Gasteiger partial charge in [0.05, 0.1) is 5.69 Å². The summed E-state index contributed by atoms with van der Waals surface area (Å²) in [5.41, 5.74) is 4.33. The molecule has 0 aliphatic heterocycles. The Kier molecular flexibility index (Phi) is 6.34. The summed E-state index contributed by atoms with van der Waals surface area (Å²) >= 11 is 0. The monoisotopic (exact) mass is 379 g/mol. The van der Waals surface area contributed by atoms with Crippen molar-refractivity contribution in [2.24, 2.45) is 0 Å². The topological polar surface area (TPSA) is 60.1 Å². The lowest BCUT2D eigenvalue weighted by atomic mass is 10.1. The molecule has 1 N–H and O–H groups in total. The van der Waals surface area contributed by atoms with Gasteiger partial charge in [0, 0.05) is 12.6 Å². The molecule has 1 aromatic carbocycles. The van der Waals surface area contributed by atoms with Crippen molar-refractivity contribution in [3.05, 3.63) is 59.0 Å². The van der Waals surface area contributed by atoms with E-state index in [0.717, 1.165) is 29.9 Å². The molecule has 0 unspecified atom stereocenters. The predicted molar refractivity (Wildman–Crippen MR) is 112 cm³/mol. The largest absolute Gasteiger partial charge is 0.460 e. The van der Waals surface area contributed by atoms with Gasteiger partial charge in [0.15, 0.2) is 5.76 Å². The second kappa shape index (κ2) is 8.91. The fraction of sp³-hybridized carbons (Fsp3) is 0.391. The number of hydrogen-bond acceptors (Lipinski definition) is 3. The van der Waals surface area contributed by atoms with E-state index in [1.807, 2.05) is 38.1 Å². The molecule has 0 bridgehead atoms. The van der Waals surface area contributed by atoms with Crippen molar-refractivity contribution in [2.75, 3.05) is 6.54 Å². The van der Waals surface area contributed by atoms with E-state index in [2.05, 4.69) is 25.2 Å². The van der Waals surface area contributed by atoms with Crippen molar-refractivity contribution in [3.8, 4) is 17.1 Å². The molecule has 3 aromatic rings. The molecule has 0 saturated carbocycles. The van der Waals surface area contributed by atoms with Crippen molar-refractivity contribution in [3.63, 3.8) is 0 Å². The van der Waals surface area contributed by atoms with Crippen LogP contribution in [0, 0.1) is 20.8 Å². The van der Waals surface area contributed by atoms with Crippen LogP contribution in [0.4, 0.5) is 0 Å². The minimum atomic E-state index is -0.112. The Morgan fingerprint density at radius 2 is 1.89 bits per heavy atom. The Labute approximate surface area is 166 Å². The van der Waals surface area contributed by atoms with E-state index in [-0.39, 0.29) is 5.91 Å². The fourth-order valence-corrected chi connectivity index (χ4v) is 3.31. The highest BCUT2D eigenvalue weighted by atomic mass is 16.3. The summed E-state index contributed by atoms with van der Waals surface area (Å²) in [7, 11) is 0. The molecule has 28 heavy (non-hydrogen) atoms. The van der Waals surface area contributed by atoms with Crippen LogP contribution in [0.15, 0.2) is 40.8 Å². The lowest BCUT2D eigenvalue weighted by Gasteiger charge is -2.11. The lowest BCUT2D eigenvalue weighted by Crippen LogP contribution is -2.27. The van der Waals surface area contributed by atoms with Crippen LogP contribution in [0.5, 0.6) is 0 Å². The molecule has 5 nitrogen and oxygen atoms in total. The van der Waals surface area contributed by atoms with Crippen molar-refractivity contribution in [1.82, 2.24) is 15.1 Å². The molecule has 3 rings (SSSR count). The van der Waals surface area contributed by atoms with E-state index >= 15 is 0 Å². The van der Waals surface area contributed by atoms with E-state index in [4.69, 9.17) is 9.52 Å². The van der Waals surface area contributed by atoms with Gasteiger partial charge in [-0.05, 0) is 51.0 Å². The first-order valence-corrected chi connectivity index (χ1v) is 10.0. The maximum absolute atomic E-state index is 12.9. The van der Waals surface area contributed by atoms with Crippen LogP contribution in [0.3, 0.4) is 0 Å². The zero-order valence-corrected chi connectivity index (χ0v) is 17.2. The molecular formula is C23H29N3O2. The van der Waals surface area contributed by atoms with Crippen LogP contribution in [-0.4, -0.2) is 22.2 Å². The second-order valence-electron chi connectivity index (χ2n) is 7.34. The van der Waals surface area contributed by atoms with Crippen molar-refractivity contribution < 1.29 is 9.21 Å². The van der Waals surface area contributed by atoms with Gasteiger partial charge in [-0.25, -0.2) is 4.68 Å². The quantitative estimate of drug-likeness (QED) is 0.535. The van der Waals surface area contributed by atoms with Gasteiger partial charge in [-0.1, -0.05) is 43.9 Å². The van der Waals surface area contributed by atoms with Crippen LogP contribution in [-0.2, 0) is 0 Å². The molecule has 0 radical (unpaired) electrons. The van der Waals surface area contributed by atoms with Crippen LogP contribution in [0.2, 0.25) is 0 Å². The molecular weight excluding hydrogens is 350 g/mol. The number of amides is 1. The smallest absolute Gasteiger partial charge is 0.270 e. The number of nitrogens with zero attached hydrogens (tertiary/aromatic N) is 2. The van der Waals surface area contributed by atoms with Gasteiger partial charge in [0.2, 0.25) is 0 Å². The molecule has 5 heteroatoms. The summed E-state index contributed by atoms with van der Waals surface area (Å²) in [5, 5.41) is 7.73. The lowest BCUT2D eigenvalue weighted by molar-refractivity contribution is 0.0945. The number of carbonyl (C=O) groups is 1. The molecule has 0 saturated heterocycles. The molecule has 0 atom stereocenters. The zero-order chi connectivity index (χ0) is 20.1. The van der Waals surface area contributed by atoms with E-state index in [9.17, 15) is 4.79 Å². The van der Waals surface area contributed by atoms with Crippen LogP contribution in [0.25, 0.3) is 17.1 Å². The summed E-state index contributed by atoms with van der Waals surface area (Å²) < 4.78 is 7.45. The molecule has 1 amide bonds. The number of aromatic nitrogens is 2. The average Bonchev–Trinajstić information content (AvgIpc) is 3.28. The van der Waals surface area contributed by atoms with Gasteiger partial charge >= 0.3 is 0 Å². The Balaban J connectivity index is 1.92. The summed E-state index contributed by atoms with van der Waals surface area (Å²) in [5.74, 6) is 1.37. The summed E-state index contributed by atoms with van der Waals surface area (Å²) in [6, 6.07) is 11.7. The first kappa shape index (κ1) is 19.9. The molecule has 148 valence electrons. The Morgan fingerprint density at radius 3 is 2.57 bits per heavy atom. The first-order chi connectivity index (χ1) is 13.5. The van der Waals surface area contributed by atoms with Gasteiger partial charge in [0.1, 0.15) is 17.1 Å². The normalized spacial score (nSPS) is 11.0. The van der Waals surface area contributed by atoms with Gasteiger partial charge in [-0.15, -0.1) is 0 Å². The molecule has 0 fully saturated rings. The highest BCUT2D eigenvalue weighted by molar-refractivity contribution is 5.94. The Morgan fingerprint density at radius 1 is 1.07 bits per heavy atom. The first-order valence-electron chi connectivity index (χ1n) is 10.0. The molecule has 2 aromatic heterocycles. The Hall–Kier alpha value is -2.82. The third-order valence-electron chi connectivity index (χ3n) is 4.83. The second-order valence-corrected chi connectivity index (χ2v) is 7.34. The van der Waals surface area contributed by atoms with Crippen molar-refractivity contribution >= 4 is 5.91 Å². The van der Waals surface area contributed by atoms with Gasteiger partial charge < -0.3 is 9.73 Å². The minimum Gasteiger partial charge on any atom is -0.460 e. The standard InChI is InChI=1S/C23H29N3O2/c1-5-6-7-8-13-24-23(27)21-15-19(22-12-10-18(4)28-22)25-26(21)20-11-9-16(2)14-17(20)3/h9-12,14-15H,5-8,13H2,1-4H3,(H,24,27). The van der Waals surface area contributed by atoms with E-state index in [1.54, 1.807) is 10.7 Å².